The van der Waals surface area contributed by atoms with Crippen molar-refractivity contribution in [3.05, 3.63) is 96.7 Å². The summed E-state index contributed by atoms with van der Waals surface area (Å²) in [5.74, 6) is 0.403. The molecule has 0 saturated carbocycles. The summed E-state index contributed by atoms with van der Waals surface area (Å²) in [6.07, 6.45) is 1.47. The van der Waals surface area contributed by atoms with Crippen molar-refractivity contribution < 1.29 is 31.1 Å². The summed E-state index contributed by atoms with van der Waals surface area (Å²) in [5, 5.41) is 2.69. The summed E-state index contributed by atoms with van der Waals surface area (Å²) >= 11 is 0. The number of carbonyl (C=O) groups excluding carboxylic acids is 1. The number of nitrogens with one attached hydrogen (secondary N) is 2. The molecule has 0 spiro atoms. The lowest BCUT2D eigenvalue weighted by atomic mass is 10.2. The van der Waals surface area contributed by atoms with Gasteiger partial charge in [0.05, 0.1) is 29.7 Å². The first-order chi connectivity index (χ1) is 19.0. The predicted octanol–water partition coefficient (Wildman–Crippen LogP) is 3.98. The second-order valence-corrected chi connectivity index (χ2v) is 12.0. The van der Waals surface area contributed by atoms with Gasteiger partial charge < -0.3 is 14.8 Å². The van der Waals surface area contributed by atoms with Crippen molar-refractivity contribution in [2.24, 2.45) is 0 Å². The highest BCUT2D eigenvalue weighted by Gasteiger charge is 2.23. The molecule has 0 saturated heterocycles. The molecule has 2 N–H and O–H groups in total. The molecular formula is C27H26N4O7S2. The molecule has 4 rings (SSSR count). The molecule has 0 unspecified atom stereocenters. The van der Waals surface area contributed by atoms with Gasteiger partial charge in [-0.05, 0) is 72.8 Å². The van der Waals surface area contributed by atoms with Crippen LogP contribution in [0.2, 0.25) is 0 Å². The number of amides is 1. The summed E-state index contributed by atoms with van der Waals surface area (Å²) in [7, 11) is -3.51. The number of sulfonamides is 2. The number of ether oxygens (including phenoxy) is 2. The molecule has 11 nitrogen and oxygen atoms in total. The minimum atomic E-state index is -3.93. The minimum Gasteiger partial charge on any atom is -0.493 e. The highest BCUT2D eigenvalue weighted by atomic mass is 32.2. The third-order valence-corrected chi connectivity index (χ3v) is 8.98. The zero-order valence-electron chi connectivity index (χ0n) is 21.7. The van der Waals surface area contributed by atoms with Crippen LogP contribution in [0.1, 0.15) is 10.4 Å². The van der Waals surface area contributed by atoms with Gasteiger partial charge in [-0.25, -0.2) is 21.8 Å². The van der Waals surface area contributed by atoms with Crippen molar-refractivity contribution in [2.45, 2.75) is 9.79 Å². The number of rotatable bonds is 10. The van der Waals surface area contributed by atoms with Gasteiger partial charge in [0.15, 0.2) is 11.5 Å². The molecule has 3 aromatic carbocycles. The van der Waals surface area contributed by atoms with Crippen LogP contribution in [0, 0.1) is 0 Å². The molecule has 0 aliphatic carbocycles. The van der Waals surface area contributed by atoms with Gasteiger partial charge in [-0.2, -0.15) is 0 Å². The Hall–Kier alpha value is -4.62. The van der Waals surface area contributed by atoms with Crippen molar-refractivity contribution in [2.75, 3.05) is 35.6 Å². The highest BCUT2D eigenvalue weighted by Crippen LogP contribution is 2.31. The van der Waals surface area contributed by atoms with E-state index in [1.165, 1.54) is 100 Å². The first kappa shape index (κ1) is 28.4. The van der Waals surface area contributed by atoms with E-state index in [1.807, 2.05) is 0 Å². The summed E-state index contributed by atoms with van der Waals surface area (Å²) in [6, 6.07) is 20.8. The van der Waals surface area contributed by atoms with Crippen LogP contribution in [-0.4, -0.2) is 49.0 Å². The van der Waals surface area contributed by atoms with Crippen molar-refractivity contribution in [3.8, 4) is 11.5 Å². The van der Waals surface area contributed by atoms with Crippen LogP contribution in [0.25, 0.3) is 0 Å². The lowest BCUT2D eigenvalue weighted by Crippen LogP contribution is -2.26. The fourth-order valence-electron chi connectivity index (χ4n) is 3.64. The van der Waals surface area contributed by atoms with Crippen LogP contribution >= 0.6 is 0 Å². The molecule has 208 valence electrons. The standard InChI is InChI=1S/C27H26N4O7S2/c1-31(40(35,36)23-15-16-24(37-2)25(18-23)38-3)21-11-7-19(8-12-21)27(32)29-20-9-13-22(14-10-20)39(33,34)30-26-6-4-5-17-28-26/h4-18H,1-3H3,(H,28,30)(H,29,32). The summed E-state index contributed by atoms with van der Waals surface area (Å²) in [4.78, 5) is 16.7. The number of nitrogens with zero attached hydrogens (tertiary/aromatic N) is 2. The van der Waals surface area contributed by atoms with Crippen molar-refractivity contribution in [1.29, 1.82) is 0 Å². The number of pyridine rings is 1. The van der Waals surface area contributed by atoms with Crippen molar-refractivity contribution in [3.63, 3.8) is 0 Å². The topological polar surface area (TPSA) is 144 Å². The second-order valence-electron chi connectivity index (χ2n) is 8.34. The van der Waals surface area contributed by atoms with E-state index in [2.05, 4.69) is 15.0 Å². The van der Waals surface area contributed by atoms with E-state index in [0.29, 0.717) is 17.1 Å². The van der Waals surface area contributed by atoms with Crippen LogP contribution in [0.15, 0.2) is 101 Å². The first-order valence-corrected chi connectivity index (χ1v) is 14.6. The maximum absolute atomic E-state index is 13.2. The molecule has 0 aliphatic rings. The number of benzene rings is 3. The average molecular weight is 583 g/mol. The van der Waals surface area contributed by atoms with Gasteiger partial charge in [-0.1, -0.05) is 6.07 Å². The quantitative estimate of drug-likeness (QED) is 0.286. The van der Waals surface area contributed by atoms with E-state index in [0.717, 1.165) is 4.31 Å². The fraction of sp³-hybridized carbons (Fsp3) is 0.111. The molecule has 0 fully saturated rings. The Bertz CT molecular complexity index is 1710. The van der Waals surface area contributed by atoms with Gasteiger partial charge in [0.2, 0.25) is 0 Å². The number of anilines is 3. The normalized spacial score (nSPS) is 11.4. The Balaban J connectivity index is 1.44. The zero-order chi connectivity index (χ0) is 28.9. The van der Waals surface area contributed by atoms with Crippen LogP contribution < -0.4 is 23.8 Å². The van der Waals surface area contributed by atoms with Gasteiger partial charge in [0, 0.05) is 30.6 Å². The lowest BCUT2D eigenvalue weighted by molar-refractivity contribution is 0.102. The van der Waals surface area contributed by atoms with Crippen molar-refractivity contribution in [1.82, 2.24) is 4.98 Å². The molecule has 0 aliphatic heterocycles. The Kier molecular flexibility index (Phi) is 8.26. The van der Waals surface area contributed by atoms with Gasteiger partial charge in [-0.15, -0.1) is 0 Å². The Morgan fingerprint density at radius 1 is 0.800 bits per heavy atom. The van der Waals surface area contributed by atoms with E-state index >= 15 is 0 Å². The SMILES string of the molecule is COc1ccc(S(=O)(=O)N(C)c2ccc(C(=O)Nc3ccc(S(=O)(=O)Nc4ccccn4)cc3)cc2)cc1OC. The van der Waals surface area contributed by atoms with Crippen LogP contribution in [0.4, 0.5) is 17.2 Å². The van der Waals surface area contributed by atoms with E-state index in [1.54, 1.807) is 12.1 Å². The molecule has 0 atom stereocenters. The number of carbonyl (C=O) groups is 1. The Labute approximate surface area is 232 Å². The Morgan fingerprint density at radius 2 is 1.45 bits per heavy atom. The largest absolute Gasteiger partial charge is 0.493 e. The van der Waals surface area contributed by atoms with Crippen LogP contribution in [0.5, 0.6) is 11.5 Å². The molecule has 1 amide bonds. The highest BCUT2D eigenvalue weighted by molar-refractivity contribution is 7.93. The number of aromatic nitrogens is 1. The summed E-state index contributed by atoms with van der Waals surface area (Å²) in [6.45, 7) is 0. The maximum Gasteiger partial charge on any atom is 0.264 e. The number of hydrogen-bond donors (Lipinski definition) is 2. The van der Waals surface area contributed by atoms with Gasteiger partial charge in [0.25, 0.3) is 26.0 Å². The first-order valence-electron chi connectivity index (χ1n) is 11.7. The fourth-order valence-corrected chi connectivity index (χ4v) is 5.86. The average Bonchev–Trinajstić information content (AvgIpc) is 2.97. The summed E-state index contributed by atoms with van der Waals surface area (Å²) < 4.78 is 65.3. The molecule has 4 aromatic rings. The van der Waals surface area contributed by atoms with Crippen LogP contribution in [-0.2, 0) is 20.0 Å². The minimum absolute atomic E-state index is 0.000712. The number of hydrogen-bond acceptors (Lipinski definition) is 8. The van der Waals surface area contributed by atoms with E-state index in [4.69, 9.17) is 9.47 Å². The third kappa shape index (κ3) is 6.16. The monoisotopic (exact) mass is 582 g/mol. The zero-order valence-corrected chi connectivity index (χ0v) is 23.4. The molecule has 1 heterocycles. The third-order valence-electron chi connectivity index (χ3n) is 5.83. The van der Waals surface area contributed by atoms with E-state index < -0.39 is 26.0 Å². The molecule has 0 bridgehead atoms. The predicted molar refractivity (Wildman–Crippen MR) is 151 cm³/mol. The van der Waals surface area contributed by atoms with Gasteiger partial charge >= 0.3 is 0 Å². The van der Waals surface area contributed by atoms with Gasteiger partial charge in [0.1, 0.15) is 5.82 Å². The molecule has 40 heavy (non-hydrogen) atoms. The lowest BCUT2D eigenvalue weighted by Gasteiger charge is -2.20. The number of methoxy groups -OCH3 is 2. The molecule has 13 heteroatoms. The van der Waals surface area contributed by atoms with Crippen LogP contribution in [0.3, 0.4) is 0 Å². The molecular weight excluding hydrogens is 556 g/mol. The van der Waals surface area contributed by atoms with E-state index in [-0.39, 0.29) is 26.9 Å². The summed E-state index contributed by atoms with van der Waals surface area (Å²) in [5.41, 5.74) is 0.981. The van der Waals surface area contributed by atoms with Crippen molar-refractivity contribution >= 4 is 43.1 Å². The molecule has 1 aromatic heterocycles. The van der Waals surface area contributed by atoms with Gasteiger partial charge in [-0.3, -0.25) is 13.8 Å². The van der Waals surface area contributed by atoms with E-state index in [9.17, 15) is 21.6 Å². The smallest absolute Gasteiger partial charge is 0.264 e. The Morgan fingerprint density at radius 3 is 2.05 bits per heavy atom. The maximum atomic E-state index is 13.2. The molecule has 0 radical (unpaired) electrons. The second kappa shape index (κ2) is 11.6.